The minimum absolute atomic E-state index is 0.398. The van der Waals surface area contributed by atoms with Crippen molar-refractivity contribution in [3.05, 3.63) is 344 Å². The fourth-order valence-corrected chi connectivity index (χ4v) is 13.9. The highest BCUT2D eigenvalue weighted by Gasteiger charge is 2.23. The number of aromatic nitrogens is 5. The lowest BCUT2D eigenvalue weighted by Crippen LogP contribution is -2.03. The standard InChI is InChI=1S/C90H54N8/c91-55-58-18-17-29-65(44-58)63-32-34-64(35-33-63)88-94-89(74-45-72(78-30-15-13-27-70(78)56-92)47-76(49-74)97-84-40-36-66(59-19-5-1-6-20-59)51-80(84)81-52-67(37-41-85(81)97)60-21-7-2-8-22-60)96-90(95-88)75-46-73(79-31-16-14-28-71(79)57-93)48-77(50-75)98-86-42-38-68(61-23-9-3-10-24-61)53-82(86)83-54-69(39-43-87(83)98)62-25-11-4-12-26-62/h1-54H. The summed E-state index contributed by atoms with van der Waals surface area (Å²) >= 11 is 0. The first-order chi connectivity index (χ1) is 48.4. The van der Waals surface area contributed by atoms with Crippen LogP contribution in [0.4, 0.5) is 0 Å². The van der Waals surface area contributed by atoms with Gasteiger partial charge in [-0.05, 0) is 187 Å². The summed E-state index contributed by atoms with van der Waals surface area (Å²) in [7, 11) is 0. The zero-order chi connectivity index (χ0) is 65.6. The third-order valence-corrected chi connectivity index (χ3v) is 18.6. The average Bonchev–Trinajstić information content (AvgIpc) is 1.72. The molecule has 0 amide bonds. The summed E-state index contributed by atoms with van der Waals surface area (Å²) in [5.41, 5.74) is 23.2. The SMILES string of the molecule is N#Cc1cccc(-c2ccc(-c3nc(-c4cc(-c5ccccc5C#N)cc(-n5c6ccc(-c7ccccc7)cc6c6cc(-c7ccccc7)ccc65)c4)nc(-c4cc(-c5ccccc5C#N)cc(-n5c6ccc(-c7ccccc7)cc6c6cc(-c7ccccc7)ccc65)c4)n3)cc2)c1. The molecule has 14 aromatic carbocycles. The van der Waals surface area contributed by atoms with Crippen LogP contribution in [-0.4, -0.2) is 24.1 Å². The Labute approximate surface area is 566 Å². The van der Waals surface area contributed by atoms with Gasteiger partial charge in [0.15, 0.2) is 17.5 Å². The zero-order valence-corrected chi connectivity index (χ0v) is 52.8. The molecule has 0 unspecified atom stereocenters. The molecule has 0 spiro atoms. The van der Waals surface area contributed by atoms with Crippen LogP contribution in [0.3, 0.4) is 0 Å². The summed E-state index contributed by atoms with van der Waals surface area (Å²) in [4.78, 5) is 16.6. The third kappa shape index (κ3) is 10.6. The molecule has 0 atom stereocenters. The Bertz CT molecular complexity index is 5610. The smallest absolute Gasteiger partial charge is 0.164 e. The van der Waals surface area contributed by atoms with Crippen molar-refractivity contribution < 1.29 is 0 Å². The second-order valence-electron chi connectivity index (χ2n) is 24.5. The number of nitriles is 3. The van der Waals surface area contributed by atoms with Crippen LogP contribution in [0.5, 0.6) is 0 Å². The fourth-order valence-electron chi connectivity index (χ4n) is 13.9. The molecule has 0 radical (unpaired) electrons. The number of benzene rings is 14. The van der Waals surface area contributed by atoms with Gasteiger partial charge in [0.25, 0.3) is 0 Å². The van der Waals surface area contributed by atoms with E-state index < -0.39 is 0 Å². The van der Waals surface area contributed by atoms with Gasteiger partial charge >= 0.3 is 0 Å². The van der Waals surface area contributed by atoms with Crippen LogP contribution in [0, 0.1) is 34.0 Å². The third-order valence-electron chi connectivity index (χ3n) is 18.6. The first-order valence-electron chi connectivity index (χ1n) is 32.5. The van der Waals surface area contributed by atoms with Crippen LogP contribution in [0.25, 0.3) is 167 Å². The molecule has 98 heavy (non-hydrogen) atoms. The highest BCUT2D eigenvalue weighted by atomic mass is 15.0. The molecule has 0 saturated carbocycles. The first-order valence-corrected chi connectivity index (χ1v) is 32.5. The Balaban J connectivity index is 0.925. The molecule has 17 aromatic rings. The van der Waals surface area contributed by atoms with E-state index in [0.717, 1.165) is 138 Å². The minimum atomic E-state index is 0.398. The molecule has 8 heteroatoms. The van der Waals surface area contributed by atoms with Crippen molar-refractivity contribution in [2.24, 2.45) is 0 Å². The summed E-state index contributed by atoms with van der Waals surface area (Å²) in [5.74, 6) is 1.22. The highest BCUT2D eigenvalue weighted by molar-refractivity contribution is 6.13. The van der Waals surface area contributed by atoms with Gasteiger partial charge in [-0.2, -0.15) is 15.8 Å². The van der Waals surface area contributed by atoms with Gasteiger partial charge in [0.2, 0.25) is 0 Å². The quantitative estimate of drug-likeness (QED) is 0.120. The summed E-state index contributed by atoms with van der Waals surface area (Å²) in [6, 6.07) is 120. The summed E-state index contributed by atoms with van der Waals surface area (Å²) in [6.45, 7) is 0. The van der Waals surface area contributed by atoms with E-state index in [2.05, 4.69) is 234 Å². The Morgan fingerprint density at radius 3 is 0.878 bits per heavy atom. The lowest BCUT2D eigenvalue weighted by molar-refractivity contribution is 1.07. The van der Waals surface area contributed by atoms with Gasteiger partial charge in [0.05, 0.1) is 57.0 Å². The van der Waals surface area contributed by atoms with Crippen LogP contribution < -0.4 is 0 Å². The number of hydrogen-bond donors (Lipinski definition) is 0. The van der Waals surface area contributed by atoms with E-state index >= 15 is 0 Å². The topological polar surface area (TPSA) is 120 Å². The normalized spacial score (nSPS) is 11.2. The molecular weight excluding hydrogens is 1190 g/mol. The molecule has 0 aliphatic heterocycles. The van der Waals surface area contributed by atoms with Crippen LogP contribution in [0.15, 0.2) is 328 Å². The van der Waals surface area contributed by atoms with E-state index in [4.69, 9.17) is 15.0 Å². The van der Waals surface area contributed by atoms with Gasteiger partial charge in [-0.1, -0.05) is 218 Å². The Hall–Kier alpha value is -13.8. The number of nitrogens with zero attached hydrogens (tertiary/aromatic N) is 8. The lowest BCUT2D eigenvalue weighted by atomic mass is 9.97. The Morgan fingerprint density at radius 1 is 0.214 bits per heavy atom. The first kappa shape index (κ1) is 58.0. The molecular formula is C90H54N8. The molecule has 0 fully saturated rings. The summed E-state index contributed by atoms with van der Waals surface area (Å²) in [6.07, 6.45) is 0. The van der Waals surface area contributed by atoms with Gasteiger partial charge in [0, 0.05) is 49.6 Å². The van der Waals surface area contributed by atoms with Crippen molar-refractivity contribution >= 4 is 43.6 Å². The van der Waals surface area contributed by atoms with Crippen LogP contribution >= 0.6 is 0 Å². The maximum absolute atomic E-state index is 10.8. The predicted octanol–water partition coefficient (Wildman–Crippen LogP) is 22.4. The van der Waals surface area contributed by atoms with Crippen molar-refractivity contribution in [3.63, 3.8) is 0 Å². The largest absolute Gasteiger partial charge is 0.309 e. The van der Waals surface area contributed by atoms with Gasteiger partial charge in [-0.25, -0.2) is 15.0 Å². The van der Waals surface area contributed by atoms with Crippen LogP contribution in [-0.2, 0) is 0 Å². The summed E-state index contributed by atoms with van der Waals surface area (Å²) in [5, 5.41) is 35.9. The number of rotatable bonds is 12. The van der Waals surface area contributed by atoms with E-state index in [1.165, 1.54) is 0 Å². The second kappa shape index (κ2) is 24.6. The van der Waals surface area contributed by atoms with Crippen molar-refractivity contribution in [3.8, 4) is 142 Å². The Kier molecular flexibility index (Phi) is 14.5. The number of fused-ring (bicyclic) bond motifs is 6. The van der Waals surface area contributed by atoms with Crippen molar-refractivity contribution in [1.29, 1.82) is 15.8 Å². The van der Waals surface area contributed by atoms with Crippen LogP contribution in [0.2, 0.25) is 0 Å². The maximum Gasteiger partial charge on any atom is 0.164 e. The zero-order valence-electron chi connectivity index (χ0n) is 52.8. The lowest BCUT2D eigenvalue weighted by Gasteiger charge is -2.16. The number of hydrogen-bond acceptors (Lipinski definition) is 6. The molecule has 3 heterocycles. The molecule has 0 saturated heterocycles. The molecule has 3 aromatic heterocycles. The summed E-state index contributed by atoms with van der Waals surface area (Å²) < 4.78 is 4.64. The molecule has 454 valence electrons. The second-order valence-corrected chi connectivity index (χ2v) is 24.5. The van der Waals surface area contributed by atoms with E-state index in [0.29, 0.717) is 45.3 Å². The molecule has 0 N–H and O–H groups in total. The van der Waals surface area contributed by atoms with Gasteiger partial charge in [-0.15, -0.1) is 0 Å². The van der Waals surface area contributed by atoms with Gasteiger partial charge in [0.1, 0.15) is 0 Å². The minimum Gasteiger partial charge on any atom is -0.309 e. The fraction of sp³-hybridized carbons (Fsp3) is 0. The monoisotopic (exact) mass is 1250 g/mol. The molecule has 17 rings (SSSR count). The van der Waals surface area contributed by atoms with Crippen molar-refractivity contribution in [1.82, 2.24) is 24.1 Å². The average molecular weight is 1250 g/mol. The van der Waals surface area contributed by atoms with E-state index in [1.807, 2.05) is 115 Å². The maximum atomic E-state index is 10.8. The van der Waals surface area contributed by atoms with E-state index in [9.17, 15) is 15.8 Å². The molecule has 0 bridgehead atoms. The molecule has 8 nitrogen and oxygen atoms in total. The van der Waals surface area contributed by atoms with Crippen LogP contribution in [0.1, 0.15) is 16.7 Å². The van der Waals surface area contributed by atoms with Crippen molar-refractivity contribution in [2.45, 2.75) is 0 Å². The van der Waals surface area contributed by atoms with Gasteiger partial charge < -0.3 is 9.13 Å². The van der Waals surface area contributed by atoms with E-state index in [-0.39, 0.29) is 0 Å². The molecule has 0 aliphatic rings. The predicted molar refractivity (Wildman–Crippen MR) is 397 cm³/mol. The molecule has 0 aliphatic carbocycles. The van der Waals surface area contributed by atoms with Gasteiger partial charge in [-0.3, -0.25) is 0 Å². The highest BCUT2D eigenvalue weighted by Crippen LogP contribution is 2.43. The Morgan fingerprint density at radius 2 is 0.510 bits per heavy atom. The van der Waals surface area contributed by atoms with E-state index in [1.54, 1.807) is 6.07 Å². The van der Waals surface area contributed by atoms with Crippen molar-refractivity contribution in [2.75, 3.05) is 0 Å².